The summed E-state index contributed by atoms with van der Waals surface area (Å²) in [7, 11) is 0. The molecular weight excluding hydrogens is 455 g/mol. The summed E-state index contributed by atoms with van der Waals surface area (Å²) in [6.07, 6.45) is -0.0729. The van der Waals surface area contributed by atoms with E-state index in [0.29, 0.717) is 23.2 Å². The summed E-state index contributed by atoms with van der Waals surface area (Å²) in [5.74, 6) is -0.497. The van der Waals surface area contributed by atoms with Crippen LogP contribution in [0.5, 0.6) is 0 Å². The normalized spacial score (nSPS) is 15.7. The molecule has 8 heteroatoms. The van der Waals surface area contributed by atoms with Gasteiger partial charge in [-0.15, -0.1) is 0 Å². The summed E-state index contributed by atoms with van der Waals surface area (Å²) in [5, 5.41) is 3.74. The lowest BCUT2D eigenvalue weighted by molar-refractivity contribution is -0.137. The van der Waals surface area contributed by atoms with E-state index in [0.717, 1.165) is 29.5 Å². The van der Waals surface area contributed by atoms with E-state index in [2.05, 4.69) is 10.3 Å². The Morgan fingerprint density at radius 1 is 1.17 bits per heavy atom. The molecule has 0 fully saturated rings. The molecule has 0 saturated heterocycles. The quantitative estimate of drug-likeness (QED) is 0.426. The molecular formula is C27H26F3N3O2. The van der Waals surface area contributed by atoms with Gasteiger partial charge in [0.1, 0.15) is 0 Å². The third-order valence-corrected chi connectivity index (χ3v) is 6.27. The predicted octanol–water partition coefficient (Wildman–Crippen LogP) is 6.45. The van der Waals surface area contributed by atoms with Gasteiger partial charge in [0.15, 0.2) is 0 Å². The number of nitrogens with zero attached hydrogens (tertiary/aromatic N) is 2. The molecule has 1 unspecified atom stereocenters. The molecule has 2 amide bonds. The van der Waals surface area contributed by atoms with Crippen LogP contribution in [0.15, 0.2) is 60.8 Å². The van der Waals surface area contributed by atoms with Crippen molar-refractivity contribution in [1.29, 1.82) is 0 Å². The van der Waals surface area contributed by atoms with Gasteiger partial charge in [0, 0.05) is 41.9 Å². The lowest BCUT2D eigenvalue weighted by Gasteiger charge is -2.32. The fourth-order valence-corrected chi connectivity index (χ4v) is 4.13. The number of halogens is 3. The van der Waals surface area contributed by atoms with E-state index in [4.69, 9.17) is 0 Å². The van der Waals surface area contributed by atoms with E-state index in [-0.39, 0.29) is 30.5 Å². The minimum absolute atomic E-state index is 0.121. The molecule has 3 aromatic rings. The van der Waals surface area contributed by atoms with Crippen molar-refractivity contribution in [3.8, 4) is 0 Å². The summed E-state index contributed by atoms with van der Waals surface area (Å²) in [5.41, 5.74) is 1.69. The van der Waals surface area contributed by atoms with E-state index in [1.165, 1.54) is 17.0 Å². The van der Waals surface area contributed by atoms with Crippen LogP contribution < -0.4 is 10.2 Å². The minimum Gasteiger partial charge on any atom is -0.322 e. The van der Waals surface area contributed by atoms with Crippen molar-refractivity contribution < 1.29 is 22.8 Å². The summed E-state index contributed by atoms with van der Waals surface area (Å²) in [4.78, 5) is 31.4. The smallest absolute Gasteiger partial charge is 0.322 e. The monoisotopic (exact) mass is 481 g/mol. The van der Waals surface area contributed by atoms with Gasteiger partial charge < -0.3 is 10.2 Å². The number of hydrogen-bond donors (Lipinski definition) is 1. The first-order chi connectivity index (χ1) is 16.7. The number of carbonyl (C=O) groups is 2. The number of benzene rings is 2. The van der Waals surface area contributed by atoms with E-state index in [1.807, 2.05) is 32.0 Å². The molecule has 0 saturated carbocycles. The van der Waals surface area contributed by atoms with Gasteiger partial charge in [0.05, 0.1) is 16.8 Å². The highest BCUT2D eigenvalue weighted by molar-refractivity contribution is 6.07. The number of amides is 2. The van der Waals surface area contributed by atoms with E-state index < -0.39 is 17.6 Å². The summed E-state index contributed by atoms with van der Waals surface area (Å²) >= 11 is 0. The second-order valence-electron chi connectivity index (χ2n) is 8.81. The van der Waals surface area contributed by atoms with Crippen LogP contribution in [0.25, 0.3) is 16.5 Å². The fourth-order valence-electron chi connectivity index (χ4n) is 4.13. The van der Waals surface area contributed by atoms with Crippen LogP contribution in [0.3, 0.4) is 0 Å². The molecule has 1 aliphatic rings. The molecule has 1 aliphatic heterocycles. The fraction of sp³-hybridized carbons (Fsp3) is 0.296. The predicted molar refractivity (Wildman–Crippen MR) is 131 cm³/mol. The Morgan fingerprint density at radius 3 is 2.71 bits per heavy atom. The Labute approximate surface area is 201 Å². The highest BCUT2D eigenvalue weighted by atomic mass is 19.4. The number of aromatic nitrogens is 1. The first-order valence-electron chi connectivity index (χ1n) is 11.5. The van der Waals surface area contributed by atoms with Crippen LogP contribution in [0.4, 0.5) is 24.5 Å². The van der Waals surface area contributed by atoms with Crippen molar-refractivity contribution in [1.82, 2.24) is 4.98 Å². The van der Waals surface area contributed by atoms with Crippen molar-refractivity contribution in [2.24, 2.45) is 5.92 Å². The van der Waals surface area contributed by atoms with Crippen LogP contribution in [0.2, 0.25) is 0 Å². The summed E-state index contributed by atoms with van der Waals surface area (Å²) < 4.78 is 40.3. The maximum atomic E-state index is 13.4. The SMILES string of the molecule is CCC(C)CC(=O)N1CCC(=CC(=O)Nc2ccc3cccnc3c2)c2ccc(C(F)(F)F)cc21. The van der Waals surface area contributed by atoms with Crippen LogP contribution in [-0.4, -0.2) is 23.3 Å². The van der Waals surface area contributed by atoms with Crippen LogP contribution >= 0.6 is 0 Å². The lowest BCUT2D eigenvalue weighted by atomic mass is 9.92. The molecule has 1 aromatic heterocycles. The summed E-state index contributed by atoms with van der Waals surface area (Å²) in [6, 6.07) is 12.4. The van der Waals surface area contributed by atoms with Gasteiger partial charge in [-0.1, -0.05) is 38.5 Å². The van der Waals surface area contributed by atoms with E-state index in [9.17, 15) is 22.8 Å². The van der Waals surface area contributed by atoms with E-state index >= 15 is 0 Å². The first-order valence-corrected chi connectivity index (χ1v) is 11.5. The first kappa shape index (κ1) is 24.4. The molecule has 1 N–H and O–H groups in total. The Bertz CT molecular complexity index is 1300. The molecule has 182 valence electrons. The second-order valence-corrected chi connectivity index (χ2v) is 8.81. The van der Waals surface area contributed by atoms with Gasteiger partial charge in [-0.25, -0.2) is 0 Å². The van der Waals surface area contributed by atoms with Crippen molar-refractivity contribution in [2.45, 2.75) is 39.3 Å². The number of alkyl halides is 3. The zero-order valence-electron chi connectivity index (χ0n) is 19.5. The highest BCUT2D eigenvalue weighted by Crippen LogP contribution is 2.40. The second kappa shape index (κ2) is 9.90. The maximum Gasteiger partial charge on any atom is 0.416 e. The number of nitrogens with one attached hydrogen (secondary N) is 1. The van der Waals surface area contributed by atoms with Gasteiger partial charge in [0.2, 0.25) is 11.8 Å². The van der Waals surface area contributed by atoms with Crippen LogP contribution in [0.1, 0.15) is 44.2 Å². The highest BCUT2D eigenvalue weighted by Gasteiger charge is 2.34. The maximum absolute atomic E-state index is 13.4. The number of anilines is 2. The van der Waals surface area contributed by atoms with Crippen molar-refractivity contribution >= 4 is 39.7 Å². The van der Waals surface area contributed by atoms with Crippen molar-refractivity contribution in [3.63, 3.8) is 0 Å². The van der Waals surface area contributed by atoms with Crippen molar-refractivity contribution in [2.75, 3.05) is 16.8 Å². The Balaban J connectivity index is 1.64. The molecule has 4 rings (SSSR count). The van der Waals surface area contributed by atoms with Gasteiger partial charge in [-0.05, 0) is 48.2 Å². The lowest BCUT2D eigenvalue weighted by Crippen LogP contribution is -2.36. The van der Waals surface area contributed by atoms with Gasteiger partial charge in [-0.2, -0.15) is 13.2 Å². The largest absolute Gasteiger partial charge is 0.416 e. The molecule has 0 spiro atoms. The minimum atomic E-state index is -4.54. The molecule has 35 heavy (non-hydrogen) atoms. The van der Waals surface area contributed by atoms with Crippen LogP contribution in [0, 0.1) is 5.92 Å². The third-order valence-electron chi connectivity index (χ3n) is 6.27. The van der Waals surface area contributed by atoms with Crippen molar-refractivity contribution in [3.05, 3.63) is 71.9 Å². The molecule has 0 aliphatic carbocycles. The Hall–Kier alpha value is -3.68. The zero-order valence-corrected chi connectivity index (χ0v) is 19.5. The molecule has 1 atom stereocenters. The number of fused-ring (bicyclic) bond motifs is 2. The topological polar surface area (TPSA) is 62.3 Å². The van der Waals surface area contributed by atoms with Crippen LogP contribution in [-0.2, 0) is 15.8 Å². The molecule has 0 bridgehead atoms. The van der Waals surface area contributed by atoms with Gasteiger partial charge in [-0.3, -0.25) is 14.6 Å². The molecule has 0 radical (unpaired) electrons. The third kappa shape index (κ3) is 5.53. The molecule has 2 heterocycles. The Kier molecular flexibility index (Phi) is 6.91. The zero-order chi connectivity index (χ0) is 25.2. The number of pyridine rings is 1. The molecule has 2 aromatic carbocycles. The standard InChI is InChI=1S/C27H26F3N3O2/c1-3-17(2)13-26(35)33-12-10-19(22-9-7-20(15-24(22)33)27(28,29)30)14-25(34)32-21-8-6-18-5-4-11-31-23(18)16-21/h4-9,11,14-17H,3,10,12-13H2,1-2H3,(H,32,34). The summed E-state index contributed by atoms with van der Waals surface area (Å²) in [6.45, 7) is 4.12. The number of hydrogen-bond acceptors (Lipinski definition) is 3. The van der Waals surface area contributed by atoms with Gasteiger partial charge in [0.25, 0.3) is 0 Å². The number of carbonyl (C=O) groups excluding carboxylic acids is 2. The average Bonchev–Trinajstić information content (AvgIpc) is 2.83. The van der Waals surface area contributed by atoms with E-state index in [1.54, 1.807) is 18.3 Å². The number of rotatable bonds is 5. The Morgan fingerprint density at radius 2 is 1.97 bits per heavy atom. The van der Waals surface area contributed by atoms with Gasteiger partial charge >= 0.3 is 6.18 Å². The molecule has 5 nitrogen and oxygen atoms in total. The average molecular weight is 482 g/mol.